The summed E-state index contributed by atoms with van der Waals surface area (Å²) in [5.74, 6) is -0.392. The highest BCUT2D eigenvalue weighted by Gasteiger charge is 2.20. The van der Waals surface area contributed by atoms with Crippen LogP contribution in [0, 0.1) is 12.3 Å². The Balaban J connectivity index is 4.19. The van der Waals surface area contributed by atoms with Gasteiger partial charge in [0.1, 0.15) is 0 Å². The van der Waals surface area contributed by atoms with Crippen LogP contribution in [-0.2, 0) is 9.59 Å². The fourth-order valence-electron chi connectivity index (χ4n) is 0.373. The van der Waals surface area contributed by atoms with Crippen LogP contribution in [0.1, 0.15) is 13.8 Å². The summed E-state index contributed by atoms with van der Waals surface area (Å²) >= 11 is 0. The Labute approximate surface area is 64.6 Å². The van der Waals surface area contributed by atoms with Crippen LogP contribution in [0.15, 0.2) is 0 Å². The SMILES string of the molecule is C#CC(C)(C)NC(=O)C(=O)O. The van der Waals surface area contributed by atoms with Crippen molar-refractivity contribution in [1.82, 2.24) is 5.32 Å². The molecule has 0 saturated heterocycles. The molecular formula is C7H9NO3. The molecule has 60 valence electrons. The Morgan fingerprint density at radius 3 is 2.27 bits per heavy atom. The second-order valence-electron chi connectivity index (χ2n) is 2.53. The van der Waals surface area contributed by atoms with E-state index in [1.165, 1.54) is 13.8 Å². The van der Waals surface area contributed by atoms with Gasteiger partial charge < -0.3 is 10.4 Å². The first-order valence-electron chi connectivity index (χ1n) is 2.92. The Morgan fingerprint density at radius 1 is 1.55 bits per heavy atom. The van der Waals surface area contributed by atoms with Crippen LogP contribution in [0.2, 0.25) is 0 Å². The van der Waals surface area contributed by atoms with Crippen molar-refractivity contribution >= 4 is 11.9 Å². The van der Waals surface area contributed by atoms with Gasteiger partial charge in [-0.05, 0) is 13.8 Å². The first-order valence-corrected chi connectivity index (χ1v) is 2.92. The molecule has 0 saturated carbocycles. The third-order valence-corrected chi connectivity index (χ3v) is 0.981. The van der Waals surface area contributed by atoms with Gasteiger partial charge in [-0.2, -0.15) is 0 Å². The van der Waals surface area contributed by atoms with Crippen molar-refractivity contribution in [2.75, 3.05) is 0 Å². The summed E-state index contributed by atoms with van der Waals surface area (Å²) in [5, 5.41) is 10.3. The minimum absolute atomic E-state index is 0.907. The summed E-state index contributed by atoms with van der Waals surface area (Å²) in [4.78, 5) is 20.5. The monoisotopic (exact) mass is 155 g/mol. The number of hydrogen-bond acceptors (Lipinski definition) is 2. The van der Waals surface area contributed by atoms with Crippen molar-refractivity contribution in [1.29, 1.82) is 0 Å². The van der Waals surface area contributed by atoms with Gasteiger partial charge in [0.25, 0.3) is 0 Å². The first kappa shape index (κ1) is 9.50. The lowest BCUT2D eigenvalue weighted by atomic mass is 10.1. The molecule has 0 bridgehead atoms. The summed E-state index contributed by atoms with van der Waals surface area (Å²) < 4.78 is 0. The van der Waals surface area contributed by atoms with Crippen LogP contribution in [0.25, 0.3) is 0 Å². The smallest absolute Gasteiger partial charge is 0.394 e. The number of carboxylic acids is 1. The summed E-state index contributed by atoms with van der Waals surface area (Å²) in [6.07, 6.45) is 5.00. The minimum atomic E-state index is -1.53. The molecule has 0 atom stereocenters. The van der Waals surface area contributed by atoms with Gasteiger partial charge >= 0.3 is 11.9 Å². The third-order valence-electron chi connectivity index (χ3n) is 0.981. The molecule has 0 spiro atoms. The van der Waals surface area contributed by atoms with Crippen LogP contribution in [0.4, 0.5) is 0 Å². The lowest BCUT2D eigenvalue weighted by Crippen LogP contribution is -2.45. The van der Waals surface area contributed by atoms with E-state index < -0.39 is 17.4 Å². The number of carbonyl (C=O) groups excluding carboxylic acids is 1. The fourth-order valence-corrected chi connectivity index (χ4v) is 0.373. The molecule has 0 unspecified atom stereocenters. The number of carbonyl (C=O) groups is 2. The van der Waals surface area contributed by atoms with Gasteiger partial charge in [0.2, 0.25) is 0 Å². The van der Waals surface area contributed by atoms with Crippen LogP contribution in [-0.4, -0.2) is 22.5 Å². The Morgan fingerprint density at radius 2 is 2.00 bits per heavy atom. The molecule has 0 aromatic heterocycles. The average Bonchev–Trinajstić information content (AvgIpc) is 1.87. The molecule has 4 heteroatoms. The molecule has 4 nitrogen and oxygen atoms in total. The third kappa shape index (κ3) is 3.26. The highest BCUT2D eigenvalue weighted by molar-refractivity contribution is 6.31. The molecular weight excluding hydrogens is 146 g/mol. The molecule has 0 aromatic rings. The predicted molar refractivity (Wildman–Crippen MR) is 38.7 cm³/mol. The van der Waals surface area contributed by atoms with Crippen LogP contribution < -0.4 is 5.32 Å². The van der Waals surface area contributed by atoms with Gasteiger partial charge in [0.05, 0.1) is 5.54 Å². The Kier molecular flexibility index (Phi) is 2.64. The van der Waals surface area contributed by atoms with Gasteiger partial charge in [-0.3, -0.25) is 4.79 Å². The van der Waals surface area contributed by atoms with Gasteiger partial charge in [-0.1, -0.05) is 5.92 Å². The maximum absolute atomic E-state index is 10.5. The lowest BCUT2D eigenvalue weighted by Gasteiger charge is -2.17. The maximum atomic E-state index is 10.5. The summed E-state index contributed by atoms with van der Waals surface area (Å²) in [6.45, 7) is 3.07. The topological polar surface area (TPSA) is 66.4 Å². The number of terminal acetylenes is 1. The highest BCUT2D eigenvalue weighted by Crippen LogP contribution is 1.97. The van der Waals surface area contributed by atoms with Crippen LogP contribution >= 0.6 is 0 Å². The van der Waals surface area contributed by atoms with Gasteiger partial charge in [-0.15, -0.1) is 6.42 Å². The van der Waals surface area contributed by atoms with Crippen LogP contribution in [0.5, 0.6) is 0 Å². The molecule has 0 heterocycles. The standard InChI is InChI=1S/C7H9NO3/c1-4-7(2,3)8-5(9)6(10)11/h1H,2-3H3,(H,8,9)(H,10,11). The summed E-state index contributed by atoms with van der Waals surface area (Å²) in [6, 6.07) is 0. The quantitative estimate of drug-likeness (QED) is 0.400. The zero-order valence-corrected chi connectivity index (χ0v) is 6.34. The molecule has 0 aliphatic rings. The van der Waals surface area contributed by atoms with Crippen LogP contribution in [0.3, 0.4) is 0 Å². The van der Waals surface area contributed by atoms with Gasteiger partial charge in [0.15, 0.2) is 0 Å². The van der Waals surface area contributed by atoms with Crippen molar-refractivity contribution < 1.29 is 14.7 Å². The first-order chi connectivity index (χ1) is 4.89. The molecule has 0 rings (SSSR count). The van der Waals surface area contributed by atoms with Crippen molar-refractivity contribution in [3.05, 3.63) is 0 Å². The van der Waals surface area contributed by atoms with E-state index in [9.17, 15) is 9.59 Å². The van der Waals surface area contributed by atoms with Crippen molar-refractivity contribution in [2.45, 2.75) is 19.4 Å². The summed E-state index contributed by atoms with van der Waals surface area (Å²) in [7, 11) is 0. The second kappa shape index (κ2) is 3.06. The Hall–Kier alpha value is -1.50. The maximum Gasteiger partial charge on any atom is 0.394 e. The molecule has 0 aliphatic carbocycles. The number of rotatable bonds is 1. The highest BCUT2D eigenvalue weighted by atomic mass is 16.4. The lowest BCUT2D eigenvalue weighted by molar-refractivity contribution is -0.150. The van der Waals surface area contributed by atoms with E-state index in [1.54, 1.807) is 0 Å². The normalized spacial score (nSPS) is 9.91. The predicted octanol–water partition coefficient (Wildman–Crippen LogP) is -0.401. The van der Waals surface area contributed by atoms with E-state index in [0.29, 0.717) is 0 Å². The number of amides is 1. The average molecular weight is 155 g/mol. The van der Waals surface area contributed by atoms with Crippen molar-refractivity contribution in [3.63, 3.8) is 0 Å². The molecule has 0 aromatic carbocycles. The molecule has 0 radical (unpaired) electrons. The molecule has 0 aliphatic heterocycles. The van der Waals surface area contributed by atoms with Crippen molar-refractivity contribution in [2.24, 2.45) is 0 Å². The van der Waals surface area contributed by atoms with E-state index in [4.69, 9.17) is 11.5 Å². The zero-order valence-electron chi connectivity index (χ0n) is 6.34. The second-order valence-corrected chi connectivity index (χ2v) is 2.53. The van der Waals surface area contributed by atoms with E-state index >= 15 is 0 Å². The number of nitrogens with one attached hydrogen (secondary N) is 1. The fraction of sp³-hybridized carbons (Fsp3) is 0.429. The minimum Gasteiger partial charge on any atom is -0.474 e. The molecule has 0 fully saturated rings. The van der Waals surface area contributed by atoms with E-state index in [0.717, 1.165) is 0 Å². The van der Waals surface area contributed by atoms with E-state index in [-0.39, 0.29) is 0 Å². The Bertz CT molecular complexity index is 224. The van der Waals surface area contributed by atoms with E-state index in [2.05, 4.69) is 11.2 Å². The molecule has 1 amide bonds. The zero-order chi connectivity index (χ0) is 9.07. The number of hydrogen-bond donors (Lipinski definition) is 2. The van der Waals surface area contributed by atoms with Crippen molar-refractivity contribution in [3.8, 4) is 12.3 Å². The van der Waals surface area contributed by atoms with Gasteiger partial charge in [0, 0.05) is 0 Å². The number of carboxylic acid groups (broad SMARTS) is 1. The largest absolute Gasteiger partial charge is 0.474 e. The summed E-state index contributed by atoms with van der Waals surface area (Å²) in [5.41, 5.74) is -0.907. The number of aliphatic carboxylic acids is 1. The molecule has 2 N–H and O–H groups in total. The van der Waals surface area contributed by atoms with E-state index in [1.807, 2.05) is 0 Å². The molecule has 11 heavy (non-hydrogen) atoms. The van der Waals surface area contributed by atoms with Gasteiger partial charge in [-0.25, -0.2) is 4.79 Å².